The Labute approximate surface area is 139 Å². The van der Waals surface area contributed by atoms with E-state index in [4.69, 9.17) is 9.47 Å². The van der Waals surface area contributed by atoms with Crippen LogP contribution in [0.5, 0.6) is 5.75 Å². The normalized spacial score (nSPS) is 24.6. The van der Waals surface area contributed by atoms with Gasteiger partial charge < -0.3 is 9.47 Å². The first-order valence-electron chi connectivity index (χ1n) is 7.78. The van der Waals surface area contributed by atoms with Crippen molar-refractivity contribution >= 4 is 10.2 Å². The molecule has 0 unspecified atom stereocenters. The van der Waals surface area contributed by atoms with Gasteiger partial charge >= 0.3 is 0 Å². The summed E-state index contributed by atoms with van der Waals surface area (Å²) in [7, 11) is -0.372. The van der Waals surface area contributed by atoms with Gasteiger partial charge in [-0.2, -0.15) is 17.0 Å². The molecule has 7 heteroatoms. The minimum absolute atomic E-state index is 0.108. The van der Waals surface area contributed by atoms with E-state index in [0.29, 0.717) is 18.8 Å². The van der Waals surface area contributed by atoms with Crippen molar-refractivity contribution in [3.8, 4) is 5.75 Å². The Balaban J connectivity index is 2.25. The lowest BCUT2D eigenvalue weighted by atomic mass is 10.1. The third kappa shape index (κ3) is 3.85. The smallest absolute Gasteiger partial charge is 0.282 e. The van der Waals surface area contributed by atoms with Gasteiger partial charge in [-0.15, -0.1) is 0 Å². The summed E-state index contributed by atoms with van der Waals surface area (Å²) in [5.74, 6) is 0.686. The standard InChI is InChI=1S/C16H26N2O4S/c1-12-10-18(11-13(2)22-12)23(19,20)17(4)14(3)15-8-6-7-9-16(15)21-5/h6-9,12-14H,10-11H2,1-5H3/t12-,13-,14+/m1/s1. The van der Waals surface area contributed by atoms with Crippen LogP contribution in [0.25, 0.3) is 0 Å². The van der Waals surface area contributed by atoms with Crippen molar-refractivity contribution in [3.63, 3.8) is 0 Å². The molecule has 0 radical (unpaired) electrons. The van der Waals surface area contributed by atoms with Gasteiger partial charge in [-0.1, -0.05) is 18.2 Å². The van der Waals surface area contributed by atoms with Gasteiger partial charge in [-0.05, 0) is 26.8 Å². The highest BCUT2D eigenvalue weighted by Gasteiger charge is 2.36. The SMILES string of the molecule is COc1ccccc1[C@H](C)N(C)S(=O)(=O)N1C[C@@H](C)O[C@H](C)C1. The highest BCUT2D eigenvalue weighted by atomic mass is 32.2. The van der Waals surface area contributed by atoms with Gasteiger partial charge in [0.05, 0.1) is 25.4 Å². The highest BCUT2D eigenvalue weighted by Crippen LogP contribution is 2.31. The molecular weight excluding hydrogens is 316 g/mol. The zero-order valence-electron chi connectivity index (χ0n) is 14.4. The van der Waals surface area contributed by atoms with E-state index in [9.17, 15) is 8.42 Å². The second kappa shape index (κ2) is 7.17. The quantitative estimate of drug-likeness (QED) is 0.822. The number of morpholine rings is 1. The van der Waals surface area contributed by atoms with Crippen LogP contribution in [0.2, 0.25) is 0 Å². The number of hydrogen-bond acceptors (Lipinski definition) is 4. The molecule has 130 valence electrons. The fraction of sp³-hybridized carbons (Fsp3) is 0.625. The summed E-state index contributed by atoms with van der Waals surface area (Å²) in [4.78, 5) is 0. The van der Waals surface area contributed by atoms with E-state index in [1.165, 1.54) is 8.61 Å². The molecule has 1 aliphatic heterocycles. The predicted molar refractivity (Wildman–Crippen MR) is 89.7 cm³/mol. The summed E-state index contributed by atoms with van der Waals surface area (Å²) in [6.07, 6.45) is -0.216. The maximum Gasteiger partial charge on any atom is 0.282 e. The lowest BCUT2D eigenvalue weighted by Crippen LogP contribution is -2.52. The largest absolute Gasteiger partial charge is 0.496 e. The zero-order chi connectivity index (χ0) is 17.2. The number of nitrogens with zero attached hydrogens (tertiary/aromatic N) is 2. The first-order chi connectivity index (χ1) is 10.8. The molecule has 1 heterocycles. The molecule has 1 fully saturated rings. The Morgan fingerprint density at radius 1 is 1.26 bits per heavy atom. The Bertz CT molecular complexity index is 625. The summed E-state index contributed by atoms with van der Waals surface area (Å²) >= 11 is 0. The van der Waals surface area contributed by atoms with Crippen LogP contribution in [0, 0.1) is 0 Å². The van der Waals surface area contributed by atoms with E-state index in [0.717, 1.165) is 5.56 Å². The molecule has 3 atom stereocenters. The van der Waals surface area contributed by atoms with Gasteiger partial charge in [0.15, 0.2) is 0 Å². The summed E-state index contributed by atoms with van der Waals surface area (Å²) in [6.45, 7) is 6.39. The van der Waals surface area contributed by atoms with Crippen molar-refractivity contribution in [2.75, 3.05) is 27.2 Å². The fourth-order valence-electron chi connectivity index (χ4n) is 2.91. The molecule has 1 aromatic carbocycles. The second-order valence-corrected chi connectivity index (χ2v) is 8.00. The van der Waals surface area contributed by atoms with Crippen molar-refractivity contribution in [2.45, 2.75) is 39.0 Å². The molecule has 1 aromatic rings. The van der Waals surface area contributed by atoms with Crippen molar-refractivity contribution in [2.24, 2.45) is 0 Å². The monoisotopic (exact) mass is 342 g/mol. The molecule has 0 spiro atoms. The van der Waals surface area contributed by atoms with Crippen LogP contribution in [-0.4, -0.2) is 56.5 Å². The van der Waals surface area contributed by atoms with Gasteiger partial charge in [0.1, 0.15) is 5.75 Å². The van der Waals surface area contributed by atoms with E-state index in [2.05, 4.69) is 0 Å². The van der Waals surface area contributed by atoms with Crippen LogP contribution < -0.4 is 4.74 Å². The summed E-state index contributed by atoms with van der Waals surface area (Å²) in [5, 5.41) is 0. The molecule has 0 saturated carbocycles. The summed E-state index contributed by atoms with van der Waals surface area (Å²) in [6, 6.07) is 7.15. The topological polar surface area (TPSA) is 59.1 Å². The lowest BCUT2D eigenvalue weighted by molar-refractivity contribution is -0.0455. The highest BCUT2D eigenvalue weighted by molar-refractivity contribution is 7.86. The lowest BCUT2D eigenvalue weighted by Gasteiger charge is -2.38. The molecule has 0 amide bonds. The molecule has 0 N–H and O–H groups in total. The van der Waals surface area contributed by atoms with Crippen molar-refractivity contribution in [1.82, 2.24) is 8.61 Å². The molecule has 6 nitrogen and oxygen atoms in total. The van der Waals surface area contributed by atoms with E-state index in [-0.39, 0.29) is 18.2 Å². The van der Waals surface area contributed by atoms with Gasteiger partial charge in [-0.25, -0.2) is 0 Å². The fourth-order valence-corrected chi connectivity index (χ4v) is 4.58. The molecule has 1 saturated heterocycles. The Morgan fingerprint density at radius 2 is 1.83 bits per heavy atom. The third-order valence-electron chi connectivity index (χ3n) is 4.21. The Morgan fingerprint density at radius 3 is 2.39 bits per heavy atom. The zero-order valence-corrected chi connectivity index (χ0v) is 15.2. The molecule has 2 rings (SSSR count). The number of ether oxygens (including phenoxy) is 2. The minimum Gasteiger partial charge on any atom is -0.496 e. The van der Waals surface area contributed by atoms with E-state index in [1.807, 2.05) is 45.0 Å². The predicted octanol–water partition coefficient (Wildman–Crippen LogP) is 2.04. The van der Waals surface area contributed by atoms with Crippen LogP contribution in [0.3, 0.4) is 0 Å². The summed E-state index contributed by atoms with van der Waals surface area (Å²) < 4.78 is 39.8. The average Bonchev–Trinajstić information content (AvgIpc) is 2.52. The molecule has 0 aliphatic carbocycles. The first kappa shape index (κ1) is 18.2. The molecule has 0 bridgehead atoms. The number of benzene rings is 1. The van der Waals surface area contributed by atoms with Crippen LogP contribution in [-0.2, 0) is 14.9 Å². The van der Waals surface area contributed by atoms with E-state index < -0.39 is 10.2 Å². The number of rotatable bonds is 5. The maximum atomic E-state index is 12.9. The molecule has 0 aromatic heterocycles. The minimum atomic E-state index is -3.57. The van der Waals surface area contributed by atoms with Crippen LogP contribution >= 0.6 is 0 Å². The number of hydrogen-bond donors (Lipinski definition) is 0. The Kier molecular flexibility index (Phi) is 5.67. The maximum absolute atomic E-state index is 12.9. The summed E-state index contributed by atoms with van der Waals surface area (Å²) in [5.41, 5.74) is 0.843. The van der Waals surface area contributed by atoms with Crippen LogP contribution in [0.1, 0.15) is 32.4 Å². The molecular formula is C16H26N2O4S. The van der Waals surface area contributed by atoms with Crippen molar-refractivity contribution in [1.29, 1.82) is 0 Å². The van der Waals surface area contributed by atoms with E-state index >= 15 is 0 Å². The van der Waals surface area contributed by atoms with Gasteiger partial charge in [0.25, 0.3) is 10.2 Å². The second-order valence-electron chi connectivity index (χ2n) is 6.02. The van der Waals surface area contributed by atoms with Crippen LogP contribution in [0.4, 0.5) is 0 Å². The Hall–Kier alpha value is -1.15. The van der Waals surface area contributed by atoms with Crippen molar-refractivity contribution < 1.29 is 17.9 Å². The van der Waals surface area contributed by atoms with Crippen LogP contribution in [0.15, 0.2) is 24.3 Å². The number of para-hydroxylation sites is 1. The van der Waals surface area contributed by atoms with Crippen molar-refractivity contribution in [3.05, 3.63) is 29.8 Å². The average molecular weight is 342 g/mol. The molecule has 1 aliphatic rings. The third-order valence-corrected chi connectivity index (χ3v) is 6.21. The van der Waals surface area contributed by atoms with Gasteiger partial charge in [-0.3, -0.25) is 0 Å². The van der Waals surface area contributed by atoms with E-state index in [1.54, 1.807) is 14.2 Å². The van der Waals surface area contributed by atoms with Gasteiger partial charge in [0.2, 0.25) is 0 Å². The first-order valence-corrected chi connectivity index (χ1v) is 9.18. The molecule has 23 heavy (non-hydrogen) atoms. The number of methoxy groups -OCH3 is 1. The van der Waals surface area contributed by atoms with Gasteiger partial charge in [0, 0.05) is 25.7 Å².